The first-order chi connectivity index (χ1) is 8.97. The molecule has 4 heteroatoms. The van der Waals surface area contributed by atoms with E-state index in [1.165, 1.54) is 6.07 Å². The Balaban J connectivity index is 2.25. The molecule has 1 atom stereocenters. The van der Waals surface area contributed by atoms with Gasteiger partial charge in [-0.05, 0) is 43.7 Å². The minimum Gasteiger partial charge on any atom is -0.377 e. The zero-order valence-corrected chi connectivity index (χ0v) is 13.0. The van der Waals surface area contributed by atoms with Gasteiger partial charge >= 0.3 is 0 Å². The molecule has 100 valence electrons. The Hall–Kier alpha value is -1.06. The lowest BCUT2D eigenvalue weighted by Gasteiger charge is -2.18. The Morgan fingerprint density at radius 2 is 1.95 bits per heavy atom. The quantitative estimate of drug-likeness (QED) is 0.752. The summed E-state index contributed by atoms with van der Waals surface area (Å²) in [6.07, 6.45) is 0. The predicted molar refractivity (Wildman–Crippen MR) is 82.3 cm³/mol. The first-order valence-electron chi connectivity index (χ1n) is 5.95. The van der Waals surface area contributed by atoms with Gasteiger partial charge in [0.25, 0.3) is 0 Å². The summed E-state index contributed by atoms with van der Waals surface area (Å²) in [5, 5.41) is 3.87. The molecule has 1 N–H and O–H groups in total. The van der Waals surface area contributed by atoms with Crippen LogP contribution in [0, 0.1) is 12.7 Å². The molecule has 1 unspecified atom stereocenters. The van der Waals surface area contributed by atoms with Crippen LogP contribution in [0.5, 0.6) is 0 Å². The molecule has 0 saturated carbocycles. The molecule has 0 aromatic heterocycles. The zero-order valence-electron chi connectivity index (χ0n) is 10.7. The number of nitrogens with one attached hydrogen (secondary N) is 1. The molecule has 2 rings (SSSR count). The van der Waals surface area contributed by atoms with Gasteiger partial charge in [-0.2, -0.15) is 0 Å². The van der Waals surface area contributed by atoms with Gasteiger partial charge in [0.1, 0.15) is 5.82 Å². The Morgan fingerprint density at radius 1 is 1.21 bits per heavy atom. The van der Waals surface area contributed by atoms with Crippen LogP contribution in [0.25, 0.3) is 0 Å². The number of hydrogen-bond acceptors (Lipinski definition) is 1. The SMILES string of the molecule is Cc1ccc(Cl)c(NC(C)c2ccc(Br)cc2F)c1. The number of rotatable bonds is 3. The average molecular weight is 343 g/mol. The van der Waals surface area contributed by atoms with Crippen molar-refractivity contribution < 1.29 is 4.39 Å². The third kappa shape index (κ3) is 3.48. The fraction of sp³-hybridized carbons (Fsp3) is 0.200. The van der Waals surface area contributed by atoms with Gasteiger partial charge in [-0.25, -0.2) is 4.39 Å². The molecule has 0 radical (unpaired) electrons. The molecule has 0 bridgehead atoms. The van der Waals surface area contributed by atoms with E-state index in [1.54, 1.807) is 6.07 Å². The van der Waals surface area contributed by atoms with Crippen LogP contribution in [-0.2, 0) is 0 Å². The number of hydrogen-bond donors (Lipinski definition) is 1. The van der Waals surface area contributed by atoms with Gasteiger partial charge in [0, 0.05) is 10.0 Å². The molecule has 19 heavy (non-hydrogen) atoms. The van der Waals surface area contributed by atoms with Crippen LogP contribution < -0.4 is 5.32 Å². The number of halogens is 3. The molecule has 0 fully saturated rings. The van der Waals surface area contributed by atoms with Crippen LogP contribution in [-0.4, -0.2) is 0 Å². The molecule has 1 nitrogen and oxygen atoms in total. The van der Waals surface area contributed by atoms with Crippen molar-refractivity contribution in [3.63, 3.8) is 0 Å². The van der Waals surface area contributed by atoms with Crippen molar-refractivity contribution in [2.24, 2.45) is 0 Å². The minimum atomic E-state index is -0.238. The lowest BCUT2D eigenvalue weighted by molar-refractivity contribution is 0.599. The highest BCUT2D eigenvalue weighted by molar-refractivity contribution is 9.10. The fourth-order valence-corrected chi connectivity index (χ4v) is 2.42. The van der Waals surface area contributed by atoms with Crippen molar-refractivity contribution in [2.45, 2.75) is 19.9 Å². The Labute approximate surface area is 125 Å². The van der Waals surface area contributed by atoms with E-state index in [1.807, 2.05) is 38.1 Å². The van der Waals surface area contributed by atoms with Crippen molar-refractivity contribution in [1.82, 2.24) is 0 Å². The summed E-state index contributed by atoms with van der Waals surface area (Å²) in [5.41, 5.74) is 2.53. The maximum Gasteiger partial charge on any atom is 0.129 e. The summed E-state index contributed by atoms with van der Waals surface area (Å²) in [7, 11) is 0. The lowest BCUT2D eigenvalue weighted by Crippen LogP contribution is -2.09. The smallest absolute Gasteiger partial charge is 0.129 e. The molecule has 0 amide bonds. The predicted octanol–water partition coefficient (Wildman–Crippen LogP) is 5.72. The van der Waals surface area contributed by atoms with E-state index >= 15 is 0 Å². The third-order valence-electron chi connectivity index (χ3n) is 2.92. The molecular weight excluding hydrogens is 329 g/mol. The molecule has 0 aliphatic carbocycles. The maximum atomic E-state index is 13.9. The van der Waals surface area contributed by atoms with Crippen LogP contribution in [0.2, 0.25) is 5.02 Å². The van der Waals surface area contributed by atoms with E-state index in [0.717, 1.165) is 15.7 Å². The second kappa shape index (κ2) is 5.93. The monoisotopic (exact) mass is 341 g/mol. The van der Waals surface area contributed by atoms with Crippen molar-refractivity contribution in [2.75, 3.05) is 5.32 Å². The molecule has 0 aliphatic rings. The van der Waals surface area contributed by atoms with E-state index < -0.39 is 0 Å². The number of anilines is 1. The number of aryl methyl sites for hydroxylation is 1. The fourth-order valence-electron chi connectivity index (χ4n) is 1.91. The van der Waals surface area contributed by atoms with Gasteiger partial charge in [0.2, 0.25) is 0 Å². The van der Waals surface area contributed by atoms with E-state index in [-0.39, 0.29) is 11.9 Å². The van der Waals surface area contributed by atoms with Gasteiger partial charge in [-0.3, -0.25) is 0 Å². The maximum absolute atomic E-state index is 13.9. The Morgan fingerprint density at radius 3 is 2.63 bits per heavy atom. The van der Waals surface area contributed by atoms with Gasteiger partial charge in [0.15, 0.2) is 0 Å². The molecule has 2 aromatic carbocycles. The van der Waals surface area contributed by atoms with Crippen LogP contribution in [0.1, 0.15) is 24.1 Å². The van der Waals surface area contributed by atoms with Gasteiger partial charge < -0.3 is 5.32 Å². The summed E-state index contributed by atoms with van der Waals surface area (Å²) >= 11 is 9.38. The first-order valence-corrected chi connectivity index (χ1v) is 7.12. The summed E-state index contributed by atoms with van der Waals surface area (Å²) in [6.45, 7) is 3.90. The number of benzene rings is 2. The van der Waals surface area contributed by atoms with Crippen molar-refractivity contribution in [1.29, 1.82) is 0 Å². The summed E-state index contributed by atoms with van der Waals surface area (Å²) in [6, 6.07) is 10.6. The standard InChI is InChI=1S/C15H14BrClFN/c1-9-3-6-13(17)15(7-9)19-10(2)12-5-4-11(16)8-14(12)18/h3-8,10,19H,1-2H3. The van der Waals surface area contributed by atoms with Crippen molar-refractivity contribution in [3.8, 4) is 0 Å². The molecular formula is C15H14BrClFN. The highest BCUT2D eigenvalue weighted by Gasteiger charge is 2.12. The molecule has 0 spiro atoms. The molecule has 2 aromatic rings. The van der Waals surface area contributed by atoms with Crippen LogP contribution >= 0.6 is 27.5 Å². The molecule has 0 heterocycles. The minimum absolute atomic E-state index is 0.160. The topological polar surface area (TPSA) is 12.0 Å². The van der Waals surface area contributed by atoms with Crippen LogP contribution in [0.4, 0.5) is 10.1 Å². The van der Waals surface area contributed by atoms with E-state index in [4.69, 9.17) is 11.6 Å². The average Bonchev–Trinajstić information content (AvgIpc) is 2.33. The molecule has 0 aliphatic heterocycles. The van der Waals surface area contributed by atoms with Crippen LogP contribution in [0.15, 0.2) is 40.9 Å². The van der Waals surface area contributed by atoms with Crippen molar-refractivity contribution >= 4 is 33.2 Å². The normalized spacial score (nSPS) is 12.3. The van der Waals surface area contributed by atoms with E-state index in [0.29, 0.717) is 10.6 Å². The summed E-state index contributed by atoms with van der Waals surface area (Å²) in [4.78, 5) is 0. The highest BCUT2D eigenvalue weighted by atomic mass is 79.9. The first kappa shape index (κ1) is 14.4. The highest BCUT2D eigenvalue weighted by Crippen LogP contribution is 2.28. The van der Waals surface area contributed by atoms with Gasteiger partial charge in [-0.15, -0.1) is 0 Å². The van der Waals surface area contributed by atoms with E-state index in [2.05, 4.69) is 21.2 Å². The lowest BCUT2D eigenvalue weighted by atomic mass is 10.1. The van der Waals surface area contributed by atoms with Crippen LogP contribution in [0.3, 0.4) is 0 Å². The Bertz CT molecular complexity index is 601. The van der Waals surface area contributed by atoms with Gasteiger partial charge in [-0.1, -0.05) is 39.7 Å². The largest absolute Gasteiger partial charge is 0.377 e. The zero-order chi connectivity index (χ0) is 14.0. The molecule has 0 saturated heterocycles. The van der Waals surface area contributed by atoms with Crippen molar-refractivity contribution in [3.05, 3.63) is 62.8 Å². The van der Waals surface area contributed by atoms with E-state index in [9.17, 15) is 4.39 Å². The second-order valence-corrected chi connectivity index (χ2v) is 5.84. The summed E-state index contributed by atoms with van der Waals surface area (Å²) < 4.78 is 14.6. The second-order valence-electron chi connectivity index (χ2n) is 4.52. The van der Waals surface area contributed by atoms with Gasteiger partial charge in [0.05, 0.1) is 16.8 Å². The summed E-state index contributed by atoms with van der Waals surface area (Å²) in [5.74, 6) is -0.238. The Kier molecular flexibility index (Phi) is 4.48. The third-order valence-corrected chi connectivity index (χ3v) is 3.75.